The van der Waals surface area contributed by atoms with Crippen LogP contribution < -0.4 is 5.32 Å². The summed E-state index contributed by atoms with van der Waals surface area (Å²) >= 11 is 0. The Morgan fingerprint density at radius 2 is 2.33 bits per heavy atom. The van der Waals surface area contributed by atoms with Crippen LogP contribution in [0.3, 0.4) is 0 Å². The van der Waals surface area contributed by atoms with Crippen molar-refractivity contribution in [2.45, 2.75) is 51.4 Å². The lowest BCUT2D eigenvalue weighted by Gasteiger charge is -2.29. The van der Waals surface area contributed by atoms with Gasteiger partial charge in [-0.3, -0.25) is 4.98 Å². The number of hydrogen-bond acceptors (Lipinski definition) is 3. The van der Waals surface area contributed by atoms with Crippen LogP contribution in [0, 0.1) is 12.8 Å². The molecular weight excluding hydrogens is 224 g/mol. The fourth-order valence-electron chi connectivity index (χ4n) is 3.51. The van der Waals surface area contributed by atoms with Crippen molar-refractivity contribution in [2.75, 3.05) is 6.54 Å². The summed E-state index contributed by atoms with van der Waals surface area (Å²) in [6.45, 7) is 5.27. The summed E-state index contributed by atoms with van der Waals surface area (Å²) in [6.07, 6.45) is 8.59. The molecule has 1 aromatic rings. The zero-order chi connectivity index (χ0) is 12.5. The van der Waals surface area contributed by atoms with Crippen molar-refractivity contribution < 1.29 is 4.74 Å². The minimum Gasteiger partial charge on any atom is -0.375 e. The molecule has 0 aliphatic carbocycles. The summed E-state index contributed by atoms with van der Waals surface area (Å²) in [6, 6.07) is 2.66. The van der Waals surface area contributed by atoms with Crippen molar-refractivity contribution in [3.63, 3.8) is 0 Å². The molecule has 3 rings (SSSR count). The maximum atomic E-state index is 6.00. The van der Waals surface area contributed by atoms with Crippen LogP contribution in [0.2, 0.25) is 0 Å². The molecule has 98 valence electrons. The number of aryl methyl sites for hydroxylation is 1. The first-order valence-corrected chi connectivity index (χ1v) is 7.08. The van der Waals surface area contributed by atoms with Gasteiger partial charge in [-0.2, -0.15) is 0 Å². The van der Waals surface area contributed by atoms with E-state index in [0.29, 0.717) is 24.2 Å². The van der Waals surface area contributed by atoms with Crippen LogP contribution in [0.25, 0.3) is 0 Å². The van der Waals surface area contributed by atoms with Crippen molar-refractivity contribution in [3.8, 4) is 0 Å². The lowest BCUT2D eigenvalue weighted by molar-refractivity contribution is 0.0858. The molecule has 3 heterocycles. The molecule has 0 aromatic carbocycles. The van der Waals surface area contributed by atoms with Gasteiger partial charge < -0.3 is 10.1 Å². The number of fused-ring (bicyclic) bond motifs is 2. The second-order valence-electron chi connectivity index (χ2n) is 5.60. The van der Waals surface area contributed by atoms with E-state index in [1.807, 2.05) is 12.4 Å². The van der Waals surface area contributed by atoms with Gasteiger partial charge in [0.2, 0.25) is 0 Å². The molecule has 2 aliphatic rings. The van der Waals surface area contributed by atoms with Gasteiger partial charge >= 0.3 is 0 Å². The highest BCUT2D eigenvalue weighted by Crippen LogP contribution is 2.44. The maximum absolute atomic E-state index is 6.00. The van der Waals surface area contributed by atoms with Crippen molar-refractivity contribution in [1.29, 1.82) is 0 Å². The lowest BCUT2D eigenvalue weighted by Crippen LogP contribution is -2.33. The Labute approximate surface area is 109 Å². The SMILES string of the molecule is CCNC(c1cncc(C)c1)C1CC2CCC1O2. The number of aromatic nitrogens is 1. The molecule has 0 amide bonds. The molecule has 0 spiro atoms. The fraction of sp³-hybridized carbons (Fsp3) is 0.667. The summed E-state index contributed by atoms with van der Waals surface area (Å²) in [4.78, 5) is 4.34. The molecule has 0 saturated carbocycles. The topological polar surface area (TPSA) is 34.2 Å². The Bertz CT molecular complexity index is 421. The normalized spacial score (nSPS) is 31.8. The standard InChI is InChI=1S/C15H22N2O/c1-3-17-15(11-6-10(2)8-16-9-11)13-7-12-4-5-14(13)18-12/h6,8-9,12-15,17H,3-5,7H2,1-2H3. The number of rotatable bonds is 4. The van der Waals surface area contributed by atoms with E-state index in [2.05, 4.69) is 30.2 Å². The molecule has 2 saturated heterocycles. The Morgan fingerprint density at radius 3 is 2.94 bits per heavy atom. The highest BCUT2D eigenvalue weighted by Gasteiger charge is 2.44. The predicted octanol–water partition coefficient (Wildman–Crippen LogP) is 2.61. The van der Waals surface area contributed by atoms with E-state index in [1.54, 1.807) is 0 Å². The zero-order valence-corrected chi connectivity index (χ0v) is 11.2. The Hall–Kier alpha value is -0.930. The van der Waals surface area contributed by atoms with Gasteiger partial charge in [-0.1, -0.05) is 13.0 Å². The first-order valence-electron chi connectivity index (χ1n) is 7.08. The van der Waals surface area contributed by atoms with E-state index in [0.717, 1.165) is 6.54 Å². The number of ether oxygens (including phenoxy) is 1. The second-order valence-corrected chi connectivity index (χ2v) is 5.60. The first-order chi connectivity index (χ1) is 8.78. The lowest BCUT2D eigenvalue weighted by atomic mass is 9.81. The van der Waals surface area contributed by atoms with E-state index in [9.17, 15) is 0 Å². The molecular formula is C15H22N2O. The highest BCUT2D eigenvalue weighted by molar-refractivity contribution is 5.22. The van der Waals surface area contributed by atoms with E-state index >= 15 is 0 Å². The molecule has 1 N–H and O–H groups in total. The molecule has 4 unspecified atom stereocenters. The van der Waals surface area contributed by atoms with Gasteiger partial charge in [0.1, 0.15) is 0 Å². The van der Waals surface area contributed by atoms with E-state index in [-0.39, 0.29) is 0 Å². The molecule has 2 fully saturated rings. The third-order valence-corrected chi connectivity index (χ3v) is 4.26. The minimum absolute atomic E-state index is 0.401. The Kier molecular flexibility index (Phi) is 3.35. The van der Waals surface area contributed by atoms with Gasteiger partial charge in [0.15, 0.2) is 0 Å². The van der Waals surface area contributed by atoms with E-state index in [4.69, 9.17) is 4.74 Å². The largest absolute Gasteiger partial charge is 0.375 e. The Balaban J connectivity index is 1.84. The monoisotopic (exact) mass is 246 g/mol. The summed E-state index contributed by atoms with van der Waals surface area (Å²) in [7, 11) is 0. The number of nitrogens with one attached hydrogen (secondary N) is 1. The summed E-state index contributed by atoms with van der Waals surface area (Å²) < 4.78 is 6.00. The first kappa shape index (κ1) is 12.1. The molecule has 3 nitrogen and oxygen atoms in total. The maximum Gasteiger partial charge on any atom is 0.0627 e. The van der Waals surface area contributed by atoms with Gasteiger partial charge in [-0.25, -0.2) is 0 Å². The van der Waals surface area contributed by atoms with Crippen LogP contribution in [0.1, 0.15) is 43.4 Å². The average Bonchev–Trinajstić information content (AvgIpc) is 2.98. The molecule has 2 aliphatic heterocycles. The van der Waals surface area contributed by atoms with Gasteiger partial charge in [0.25, 0.3) is 0 Å². The quantitative estimate of drug-likeness (QED) is 0.886. The summed E-state index contributed by atoms with van der Waals surface area (Å²) in [5, 5.41) is 3.63. The van der Waals surface area contributed by atoms with Gasteiger partial charge in [-0.15, -0.1) is 0 Å². The van der Waals surface area contributed by atoms with Gasteiger partial charge in [0, 0.05) is 24.4 Å². The predicted molar refractivity (Wildman–Crippen MR) is 71.4 cm³/mol. The Morgan fingerprint density at radius 1 is 1.44 bits per heavy atom. The molecule has 4 atom stereocenters. The van der Waals surface area contributed by atoms with Gasteiger partial charge in [-0.05, 0) is 43.9 Å². The third-order valence-electron chi connectivity index (χ3n) is 4.26. The zero-order valence-electron chi connectivity index (χ0n) is 11.2. The van der Waals surface area contributed by atoms with Crippen LogP contribution in [0.4, 0.5) is 0 Å². The molecule has 18 heavy (non-hydrogen) atoms. The number of pyridine rings is 1. The van der Waals surface area contributed by atoms with Crippen molar-refractivity contribution in [1.82, 2.24) is 10.3 Å². The third kappa shape index (κ3) is 2.17. The van der Waals surface area contributed by atoms with Crippen LogP contribution >= 0.6 is 0 Å². The van der Waals surface area contributed by atoms with Gasteiger partial charge in [0.05, 0.1) is 12.2 Å². The average molecular weight is 246 g/mol. The van der Waals surface area contributed by atoms with Crippen molar-refractivity contribution >= 4 is 0 Å². The smallest absolute Gasteiger partial charge is 0.0627 e. The number of nitrogens with zero attached hydrogens (tertiary/aromatic N) is 1. The van der Waals surface area contributed by atoms with Crippen LogP contribution in [0.5, 0.6) is 0 Å². The number of hydrogen-bond donors (Lipinski definition) is 1. The van der Waals surface area contributed by atoms with Crippen LogP contribution in [-0.4, -0.2) is 23.7 Å². The second kappa shape index (κ2) is 4.98. The summed E-state index contributed by atoms with van der Waals surface area (Å²) in [5.41, 5.74) is 2.55. The van der Waals surface area contributed by atoms with Crippen molar-refractivity contribution in [2.24, 2.45) is 5.92 Å². The molecule has 0 radical (unpaired) electrons. The highest BCUT2D eigenvalue weighted by atomic mass is 16.5. The summed E-state index contributed by atoms with van der Waals surface area (Å²) in [5.74, 6) is 0.618. The van der Waals surface area contributed by atoms with Crippen molar-refractivity contribution in [3.05, 3.63) is 29.6 Å². The molecule has 3 heteroatoms. The van der Waals surface area contributed by atoms with Crippen LogP contribution in [-0.2, 0) is 4.74 Å². The minimum atomic E-state index is 0.401. The molecule has 1 aromatic heterocycles. The fourth-order valence-corrected chi connectivity index (χ4v) is 3.51. The van der Waals surface area contributed by atoms with E-state index < -0.39 is 0 Å². The molecule has 2 bridgehead atoms. The van der Waals surface area contributed by atoms with E-state index in [1.165, 1.54) is 30.4 Å². The van der Waals surface area contributed by atoms with Crippen LogP contribution in [0.15, 0.2) is 18.5 Å².